The lowest BCUT2D eigenvalue weighted by atomic mass is 10.1. The zero-order valence-electron chi connectivity index (χ0n) is 11.9. The van der Waals surface area contributed by atoms with Gasteiger partial charge in [0.15, 0.2) is 0 Å². The second kappa shape index (κ2) is 7.45. The monoisotopic (exact) mass is 354 g/mol. The van der Waals surface area contributed by atoms with Gasteiger partial charge in [0.25, 0.3) is 9.05 Å². The van der Waals surface area contributed by atoms with Crippen LogP contribution in [0, 0.1) is 6.92 Å². The second-order valence-electron chi connectivity index (χ2n) is 4.57. The molecular weight excluding hydrogens is 339 g/mol. The summed E-state index contributed by atoms with van der Waals surface area (Å²) < 4.78 is 32.9. The fourth-order valence-corrected chi connectivity index (χ4v) is 2.57. The Kier molecular flexibility index (Phi) is 6.46. The molecule has 0 aromatic heterocycles. The molecule has 0 aliphatic heterocycles. The number of halogens is 2. The van der Waals surface area contributed by atoms with Gasteiger partial charge in [0, 0.05) is 15.7 Å². The van der Waals surface area contributed by atoms with Crippen molar-refractivity contribution in [1.29, 1.82) is 0 Å². The number of esters is 1. The number of carbonyl (C=O) groups is 1. The Hall–Kier alpha value is -0.820. The first-order valence-electron chi connectivity index (χ1n) is 6.16. The molecular formula is C13H16Cl2O5S. The second-order valence-corrected chi connectivity index (χ2v) is 7.54. The van der Waals surface area contributed by atoms with Crippen LogP contribution in [0.15, 0.2) is 17.0 Å². The van der Waals surface area contributed by atoms with E-state index < -0.39 is 15.0 Å². The average molecular weight is 355 g/mol. The van der Waals surface area contributed by atoms with Crippen molar-refractivity contribution >= 4 is 37.3 Å². The summed E-state index contributed by atoms with van der Waals surface area (Å²) in [4.78, 5) is 11.7. The van der Waals surface area contributed by atoms with Crippen LogP contribution in [0.25, 0.3) is 0 Å². The van der Waals surface area contributed by atoms with Gasteiger partial charge in [-0.3, -0.25) is 0 Å². The van der Waals surface area contributed by atoms with Crippen molar-refractivity contribution in [1.82, 2.24) is 0 Å². The average Bonchev–Trinajstić information content (AvgIpc) is 2.35. The fourth-order valence-electron chi connectivity index (χ4n) is 1.50. The Labute approximate surface area is 133 Å². The molecule has 1 rings (SSSR count). The molecule has 0 radical (unpaired) electrons. The third kappa shape index (κ3) is 5.47. The molecule has 0 atom stereocenters. The molecule has 1 aromatic rings. The van der Waals surface area contributed by atoms with Crippen molar-refractivity contribution in [3.05, 3.63) is 28.3 Å². The molecule has 0 fully saturated rings. The molecule has 0 amide bonds. The van der Waals surface area contributed by atoms with E-state index in [4.69, 9.17) is 31.8 Å². The summed E-state index contributed by atoms with van der Waals surface area (Å²) in [6, 6.07) is 2.34. The van der Waals surface area contributed by atoms with Crippen molar-refractivity contribution in [3.8, 4) is 0 Å². The summed E-state index contributed by atoms with van der Waals surface area (Å²) in [7, 11) is 1.28. The molecule has 0 saturated carbocycles. The molecule has 0 heterocycles. The standard InChI is InChI=1S/C13H16Cl2O5S/c1-8(2)19-4-5-20-13(16)11-6-10(21(15,17)18)7-12(14)9(11)3/h6-8H,4-5H2,1-3H3. The van der Waals surface area contributed by atoms with E-state index in [-0.39, 0.29) is 34.8 Å². The largest absolute Gasteiger partial charge is 0.460 e. The van der Waals surface area contributed by atoms with Crippen LogP contribution in [-0.4, -0.2) is 33.7 Å². The van der Waals surface area contributed by atoms with E-state index in [1.54, 1.807) is 6.92 Å². The van der Waals surface area contributed by atoms with E-state index in [0.29, 0.717) is 5.56 Å². The zero-order valence-corrected chi connectivity index (χ0v) is 14.2. The Morgan fingerprint density at radius 1 is 1.29 bits per heavy atom. The Balaban J connectivity index is 2.91. The van der Waals surface area contributed by atoms with Gasteiger partial charge in [0.1, 0.15) is 6.61 Å². The highest BCUT2D eigenvalue weighted by molar-refractivity contribution is 8.13. The van der Waals surface area contributed by atoms with Crippen molar-refractivity contribution in [3.63, 3.8) is 0 Å². The minimum atomic E-state index is -3.98. The number of rotatable bonds is 6. The van der Waals surface area contributed by atoms with E-state index >= 15 is 0 Å². The fraction of sp³-hybridized carbons (Fsp3) is 0.462. The summed E-state index contributed by atoms with van der Waals surface area (Å²) in [5.41, 5.74) is 0.488. The van der Waals surface area contributed by atoms with Gasteiger partial charge in [0.2, 0.25) is 0 Å². The van der Waals surface area contributed by atoms with Crippen molar-refractivity contribution in [2.75, 3.05) is 13.2 Å². The topological polar surface area (TPSA) is 69.7 Å². The molecule has 118 valence electrons. The van der Waals surface area contributed by atoms with E-state index in [0.717, 1.165) is 6.07 Å². The van der Waals surface area contributed by atoms with Gasteiger partial charge in [0.05, 0.1) is 23.2 Å². The van der Waals surface area contributed by atoms with Crippen LogP contribution >= 0.6 is 22.3 Å². The lowest BCUT2D eigenvalue weighted by Crippen LogP contribution is -2.14. The maximum Gasteiger partial charge on any atom is 0.338 e. The summed E-state index contributed by atoms with van der Waals surface area (Å²) in [5, 5.41) is 0.127. The summed E-state index contributed by atoms with van der Waals surface area (Å²) in [5.74, 6) is -0.677. The van der Waals surface area contributed by atoms with Crippen LogP contribution in [0.4, 0.5) is 0 Å². The predicted molar refractivity (Wildman–Crippen MR) is 80.6 cm³/mol. The predicted octanol–water partition coefficient (Wildman–Crippen LogP) is 3.16. The van der Waals surface area contributed by atoms with Crippen LogP contribution < -0.4 is 0 Å². The highest BCUT2D eigenvalue weighted by Gasteiger charge is 2.19. The maximum atomic E-state index is 12.0. The Bertz CT molecular complexity index is 626. The van der Waals surface area contributed by atoms with Crippen molar-refractivity contribution < 1.29 is 22.7 Å². The third-order valence-electron chi connectivity index (χ3n) is 2.59. The number of carbonyl (C=O) groups excluding carboxylic acids is 1. The van der Waals surface area contributed by atoms with Crippen LogP contribution in [0.5, 0.6) is 0 Å². The van der Waals surface area contributed by atoms with Crippen LogP contribution in [0.1, 0.15) is 29.8 Å². The third-order valence-corrected chi connectivity index (χ3v) is 4.31. The minimum absolute atomic E-state index is 0.0320. The lowest BCUT2D eigenvalue weighted by Gasteiger charge is -2.11. The first kappa shape index (κ1) is 18.2. The van der Waals surface area contributed by atoms with Gasteiger partial charge in [-0.2, -0.15) is 0 Å². The van der Waals surface area contributed by atoms with E-state index in [1.807, 2.05) is 13.8 Å². The molecule has 0 unspecified atom stereocenters. The maximum absolute atomic E-state index is 12.0. The Morgan fingerprint density at radius 2 is 1.90 bits per heavy atom. The SMILES string of the molecule is Cc1c(Cl)cc(S(=O)(=O)Cl)cc1C(=O)OCCOC(C)C. The highest BCUT2D eigenvalue weighted by Crippen LogP contribution is 2.26. The van der Waals surface area contributed by atoms with Crippen LogP contribution in [-0.2, 0) is 18.5 Å². The molecule has 0 spiro atoms. The number of hydrogen-bond acceptors (Lipinski definition) is 5. The molecule has 8 heteroatoms. The van der Waals surface area contributed by atoms with Gasteiger partial charge in [-0.1, -0.05) is 11.6 Å². The lowest BCUT2D eigenvalue weighted by molar-refractivity contribution is 0.0176. The smallest absolute Gasteiger partial charge is 0.338 e. The van der Waals surface area contributed by atoms with Crippen LogP contribution in [0.3, 0.4) is 0 Å². The molecule has 5 nitrogen and oxygen atoms in total. The number of ether oxygens (including phenoxy) is 2. The van der Waals surface area contributed by atoms with Gasteiger partial charge in [-0.05, 0) is 38.5 Å². The molecule has 0 aliphatic rings. The summed E-state index contributed by atoms with van der Waals surface area (Å²) >= 11 is 5.92. The summed E-state index contributed by atoms with van der Waals surface area (Å²) in [6.45, 7) is 5.63. The van der Waals surface area contributed by atoms with Gasteiger partial charge in [-0.25, -0.2) is 13.2 Å². The number of hydrogen-bond donors (Lipinski definition) is 0. The quantitative estimate of drug-likeness (QED) is 0.445. The molecule has 0 N–H and O–H groups in total. The molecule has 21 heavy (non-hydrogen) atoms. The highest BCUT2D eigenvalue weighted by atomic mass is 35.7. The van der Waals surface area contributed by atoms with Crippen LogP contribution in [0.2, 0.25) is 5.02 Å². The minimum Gasteiger partial charge on any atom is -0.460 e. The van der Waals surface area contributed by atoms with Crippen molar-refractivity contribution in [2.45, 2.75) is 31.8 Å². The van der Waals surface area contributed by atoms with E-state index in [9.17, 15) is 13.2 Å². The molecule has 0 aliphatic carbocycles. The normalized spacial score (nSPS) is 11.7. The first-order chi connectivity index (χ1) is 9.62. The summed E-state index contributed by atoms with van der Waals surface area (Å²) in [6.07, 6.45) is 0.0320. The Morgan fingerprint density at radius 3 is 2.43 bits per heavy atom. The van der Waals surface area contributed by atoms with Gasteiger partial charge >= 0.3 is 5.97 Å². The molecule has 0 bridgehead atoms. The molecule has 1 aromatic carbocycles. The van der Waals surface area contributed by atoms with E-state index in [1.165, 1.54) is 6.07 Å². The van der Waals surface area contributed by atoms with Crippen molar-refractivity contribution in [2.24, 2.45) is 0 Å². The van der Waals surface area contributed by atoms with Gasteiger partial charge < -0.3 is 9.47 Å². The number of benzene rings is 1. The van der Waals surface area contributed by atoms with E-state index in [2.05, 4.69) is 0 Å². The zero-order chi connectivity index (χ0) is 16.2. The van der Waals surface area contributed by atoms with Gasteiger partial charge in [-0.15, -0.1) is 0 Å². The first-order valence-corrected chi connectivity index (χ1v) is 8.85. The molecule has 0 saturated heterocycles.